The van der Waals surface area contributed by atoms with Crippen LogP contribution >= 0.6 is 0 Å². The van der Waals surface area contributed by atoms with Gasteiger partial charge in [0.05, 0.1) is 0 Å². The molecule has 5 atom stereocenters. The lowest BCUT2D eigenvalue weighted by Gasteiger charge is -2.36. The van der Waals surface area contributed by atoms with E-state index in [9.17, 15) is 0 Å². The van der Waals surface area contributed by atoms with Crippen LogP contribution in [0.25, 0.3) is 0 Å². The lowest BCUT2D eigenvalue weighted by atomic mass is 9.70. The predicted octanol–water partition coefficient (Wildman–Crippen LogP) is 6.66. The van der Waals surface area contributed by atoms with Crippen molar-refractivity contribution in [2.45, 2.75) is 115 Å². The van der Waals surface area contributed by atoms with Gasteiger partial charge >= 0.3 is 0 Å². The van der Waals surface area contributed by atoms with Gasteiger partial charge in [-0.05, 0) is 87.2 Å². The van der Waals surface area contributed by atoms with Crippen LogP contribution in [0.4, 0.5) is 0 Å². The fourth-order valence-electron chi connectivity index (χ4n) is 7.55. The minimum atomic E-state index is 0.418. The van der Waals surface area contributed by atoms with Crippen LogP contribution in [-0.2, 0) is 0 Å². The molecular formula is C26H41N3O. The van der Waals surface area contributed by atoms with Crippen LogP contribution in [0.5, 0.6) is 0 Å². The Morgan fingerprint density at radius 3 is 2.17 bits per heavy atom. The van der Waals surface area contributed by atoms with Gasteiger partial charge in [-0.3, -0.25) is 0 Å². The second-order valence-corrected chi connectivity index (χ2v) is 11.8. The number of fused-ring (bicyclic) bond motifs is 3. The van der Waals surface area contributed by atoms with Gasteiger partial charge in [-0.1, -0.05) is 40.2 Å². The molecule has 0 bridgehead atoms. The van der Waals surface area contributed by atoms with Gasteiger partial charge < -0.3 is 9.32 Å². The number of hydrogen-bond donors (Lipinski definition) is 0. The molecule has 2 heterocycles. The maximum atomic E-state index is 6.37. The Bertz CT molecular complexity index is 742. The third-order valence-corrected chi connectivity index (χ3v) is 9.28. The third kappa shape index (κ3) is 3.62. The highest BCUT2D eigenvalue weighted by molar-refractivity contribution is 5.10. The summed E-state index contributed by atoms with van der Waals surface area (Å²) in [6.45, 7) is 11.3. The molecular weight excluding hydrogens is 370 g/mol. The Hall–Kier alpha value is -1.32. The maximum Gasteiger partial charge on any atom is 0.219 e. The minimum Gasteiger partial charge on any atom is -0.425 e. The Morgan fingerprint density at radius 2 is 1.47 bits per heavy atom. The molecule has 4 aliphatic rings. The summed E-state index contributed by atoms with van der Waals surface area (Å²) in [5, 5.41) is 9.15. The average Bonchev–Trinajstić information content (AvgIpc) is 3.36. The highest BCUT2D eigenvalue weighted by Gasteiger charge is 2.50. The van der Waals surface area contributed by atoms with Gasteiger partial charge in [0.15, 0.2) is 0 Å². The van der Waals surface area contributed by atoms with E-state index in [-0.39, 0.29) is 0 Å². The number of aromatic nitrogens is 2. The van der Waals surface area contributed by atoms with Gasteiger partial charge in [0, 0.05) is 23.9 Å². The van der Waals surface area contributed by atoms with Crippen molar-refractivity contribution in [2.24, 2.45) is 23.2 Å². The fraction of sp³-hybridized carbons (Fsp3) is 0.846. The van der Waals surface area contributed by atoms with E-state index in [4.69, 9.17) is 4.42 Å². The first-order valence-electron chi connectivity index (χ1n) is 12.7. The van der Waals surface area contributed by atoms with Gasteiger partial charge in [0.1, 0.15) is 0 Å². The minimum absolute atomic E-state index is 0.418. The molecule has 0 aromatic carbocycles. The van der Waals surface area contributed by atoms with Crippen molar-refractivity contribution in [2.75, 3.05) is 0 Å². The van der Waals surface area contributed by atoms with E-state index in [2.05, 4.69) is 48.6 Å². The van der Waals surface area contributed by atoms with E-state index < -0.39 is 0 Å². The van der Waals surface area contributed by atoms with Crippen molar-refractivity contribution in [1.82, 2.24) is 15.1 Å². The van der Waals surface area contributed by atoms with E-state index in [0.29, 0.717) is 23.3 Å². The number of likely N-dealkylation sites (tertiary alicyclic amines) is 1. The van der Waals surface area contributed by atoms with E-state index in [0.717, 1.165) is 35.6 Å². The Kier molecular flexibility index (Phi) is 5.48. The molecule has 3 saturated carbocycles. The van der Waals surface area contributed by atoms with Gasteiger partial charge in [-0.15, -0.1) is 10.2 Å². The van der Waals surface area contributed by atoms with Crippen LogP contribution < -0.4 is 0 Å². The molecule has 0 radical (unpaired) electrons. The summed E-state index contributed by atoms with van der Waals surface area (Å²) in [5.41, 5.74) is 0.418. The average molecular weight is 412 g/mol. The van der Waals surface area contributed by atoms with E-state index in [1.807, 2.05) is 0 Å². The molecule has 5 unspecified atom stereocenters. The second-order valence-electron chi connectivity index (χ2n) is 11.8. The second kappa shape index (κ2) is 7.98. The molecule has 166 valence electrons. The lowest BCUT2D eigenvalue weighted by Crippen LogP contribution is -2.36. The Morgan fingerprint density at radius 1 is 0.833 bits per heavy atom. The molecule has 4 nitrogen and oxygen atoms in total. The van der Waals surface area contributed by atoms with Crippen LogP contribution in [0.1, 0.15) is 115 Å². The van der Waals surface area contributed by atoms with Crippen molar-refractivity contribution in [3.8, 4) is 0 Å². The van der Waals surface area contributed by atoms with Gasteiger partial charge in [0.2, 0.25) is 11.8 Å². The zero-order valence-corrected chi connectivity index (χ0v) is 19.4. The Balaban J connectivity index is 1.25. The summed E-state index contributed by atoms with van der Waals surface area (Å²) in [5.74, 6) is 5.26. The first kappa shape index (κ1) is 20.6. The van der Waals surface area contributed by atoms with Crippen molar-refractivity contribution >= 4 is 0 Å². The highest BCUT2D eigenvalue weighted by atomic mass is 16.4. The zero-order chi connectivity index (χ0) is 20.9. The molecule has 1 aliphatic heterocycles. The topological polar surface area (TPSA) is 42.2 Å². The number of hydrogen-bond acceptors (Lipinski definition) is 4. The van der Waals surface area contributed by atoms with Gasteiger partial charge in [-0.2, -0.15) is 0 Å². The zero-order valence-electron chi connectivity index (χ0n) is 19.4. The fourth-order valence-corrected chi connectivity index (χ4v) is 7.55. The molecule has 1 aromatic rings. The molecule has 0 amide bonds. The Labute approximate surface area is 182 Å². The summed E-state index contributed by atoms with van der Waals surface area (Å²) in [6, 6.07) is 1.43. The maximum absolute atomic E-state index is 6.37. The summed E-state index contributed by atoms with van der Waals surface area (Å²) in [7, 11) is 0. The molecule has 30 heavy (non-hydrogen) atoms. The summed E-state index contributed by atoms with van der Waals surface area (Å²) < 4.78 is 6.37. The molecule has 1 aromatic heterocycles. The van der Waals surface area contributed by atoms with Crippen molar-refractivity contribution in [1.29, 1.82) is 0 Å². The van der Waals surface area contributed by atoms with Gasteiger partial charge in [0.25, 0.3) is 0 Å². The normalized spacial score (nSPS) is 39.4. The molecule has 1 saturated heterocycles. The number of nitrogens with zero attached hydrogens (tertiary/aromatic N) is 3. The molecule has 0 N–H and O–H groups in total. The summed E-state index contributed by atoms with van der Waals surface area (Å²) in [6.07, 6.45) is 16.4. The number of rotatable bonds is 3. The molecule has 4 fully saturated rings. The molecule has 3 aliphatic carbocycles. The van der Waals surface area contributed by atoms with Gasteiger partial charge in [-0.25, -0.2) is 0 Å². The third-order valence-electron chi connectivity index (χ3n) is 9.28. The molecule has 5 rings (SSSR count). The lowest BCUT2D eigenvalue weighted by molar-refractivity contribution is 0.158. The summed E-state index contributed by atoms with van der Waals surface area (Å²) >= 11 is 0. The van der Waals surface area contributed by atoms with Crippen LogP contribution in [0, 0.1) is 23.2 Å². The highest BCUT2D eigenvalue weighted by Crippen LogP contribution is 2.52. The summed E-state index contributed by atoms with van der Waals surface area (Å²) in [4.78, 5) is 2.64. The van der Waals surface area contributed by atoms with Crippen molar-refractivity contribution in [3.63, 3.8) is 0 Å². The SMILES string of the molecule is C=CN1C2CCCCC2C2CC(c3nnc(C4CCC(C(C)(C)C)CC4)o3)CCC21. The first-order valence-corrected chi connectivity index (χ1v) is 12.7. The van der Waals surface area contributed by atoms with E-state index >= 15 is 0 Å². The largest absolute Gasteiger partial charge is 0.425 e. The van der Waals surface area contributed by atoms with E-state index in [1.165, 1.54) is 70.6 Å². The van der Waals surface area contributed by atoms with Crippen molar-refractivity contribution in [3.05, 3.63) is 24.6 Å². The monoisotopic (exact) mass is 411 g/mol. The smallest absolute Gasteiger partial charge is 0.219 e. The molecule has 0 spiro atoms. The van der Waals surface area contributed by atoms with E-state index in [1.54, 1.807) is 0 Å². The first-order chi connectivity index (χ1) is 14.5. The van der Waals surface area contributed by atoms with Crippen LogP contribution in [0.2, 0.25) is 0 Å². The standard InChI is InChI=1S/C26H41N3O/c1-5-29-22-9-7-6-8-20(22)21-16-18(12-15-23(21)29)25-28-27-24(30-25)17-10-13-19(14-11-17)26(2,3)4/h5,17-23H,1,6-16H2,2-4H3. The molecule has 4 heteroatoms. The van der Waals surface area contributed by atoms with Crippen LogP contribution in [-0.4, -0.2) is 27.2 Å². The predicted molar refractivity (Wildman–Crippen MR) is 120 cm³/mol. The van der Waals surface area contributed by atoms with Crippen LogP contribution in [0.3, 0.4) is 0 Å². The van der Waals surface area contributed by atoms with Crippen LogP contribution in [0.15, 0.2) is 17.2 Å². The quantitative estimate of drug-likeness (QED) is 0.558. The van der Waals surface area contributed by atoms with Crippen molar-refractivity contribution < 1.29 is 4.42 Å².